The topological polar surface area (TPSA) is 83.2 Å². The van der Waals surface area contributed by atoms with Crippen LogP contribution in [0.25, 0.3) is 11.1 Å². The minimum absolute atomic E-state index is 0.153. The van der Waals surface area contributed by atoms with E-state index < -0.39 is 17.8 Å². The van der Waals surface area contributed by atoms with Gasteiger partial charge in [-0.25, -0.2) is 4.79 Å². The Morgan fingerprint density at radius 3 is 2.37 bits per heavy atom. The molecule has 27 heavy (non-hydrogen) atoms. The molecular formula is C22H20N2O3. The first-order valence-corrected chi connectivity index (χ1v) is 8.76. The molecule has 0 aliphatic carbocycles. The van der Waals surface area contributed by atoms with Crippen molar-refractivity contribution in [3.63, 3.8) is 0 Å². The molecule has 2 aromatic carbocycles. The molecule has 2 aromatic rings. The maximum Gasteiger partial charge on any atom is 0.338 e. The molecule has 0 spiro atoms. The highest BCUT2D eigenvalue weighted by molar-refractivity contribution is 5.95. The molecule has 0 saturated carbocycles. The third kappa shape index (κ3) is 3.61. The van der Waals surface area contributed by atoms with E-state index in [2.05, 4.69) is 6.07 Å². The zero-order chi connectivity index (χ0) is 19.4. The van der Waals surface area contributed by atoms with Gasteiger partial charge in [-0.1, -0.05) is 54.6 Å². The number of rotatable bonds is 4. The standard InChI is InChI=1S/C22H20N2O3/c1-3-26-22(25)19-14(2)27-21(24)18(13-23)20(19)17-11-9-16(10-12-17)15-7-5-4-6-8-15/h4-12,18,20,24H,3H2,1-2H3. The van der Waals surface area contributed by atoms with Gasteiger partial charge in [-0.3, -0.25) is 5.41 Å². The summed E-state index contributed by atoms with van der Waals surface area (Å²) in [6.45, 7) is 3.58. The number of nitrogens with one attached hydrogen (secondary N) is 1. The average Bonchev–Trinajstić information content (AvgIpc) is 2.68. The molecule has 0 fully saturated rings. The van der Waals surface area contributed by atoms with Crippen LogP contribution in [0.2, 0.25) is 0 Å². The maximum absolute atomic E-state index is 12.5. The van der Waals surface area contributed by atoms with E-state index in [0.29, 0.717) is 11.3 Å². The van der Waals surface area contributed by atoms with Crippen LogP contribution < -0.4 is 0 Å². The Hall–Kier alpha value is -3.39. The summed E-state index contributed by atoms with van der Waals surface area (Å²) in [6, 6.07) is 19.7. The highest BCUT2D eigenvalue weighted by atomic mass is 16.5. The van der Waals surface area contributed by atoms with E-state index >= 15 is 0 Å². The second-order valence-electron chi connectivity index (χ2n) is 6.23. The monoisotopic (exact) mass is 360 g/mol. The summed E-state index contributed by atoms with van der Waals surface area (Å²) < 4.78 is 10.5. The van der Waals surface area contributed by atoms with Gasteiger partial charge in [-0.05, 0) is 30.5 Å². The summed E-state index contributed by atoms with van der Waals surface area (Å²) in [7, 11) is 0. The maximum atomic E-state index is 12.5. The van der Waals surface area contributed by atoms with Crippen LogP contribution in [0.3, 0.4) is 0 Å². The molecule has 1 heterocycles. The molecule has 0 radical (unpaired) electrons. The number of hydrogen-bond acceptors (Lipinski definition) is 5. The van der Waals surface area contributed by atoms with Gasteiger partial charge in [0.2, 0.25) is 5.90 Å². The lowest BCUT2D eigenvalue weighted by Crippen LogP contribution is -2.33. The minimum atomic E-state index is -0.879. The van der Waals surface area contributed by atoms with Crippen molar-refractivity contribution in [2.24, 2.45) is 5.92 Å². The largest absolute Gasteiger partial charge is 0.463 e. The zero-order valence-corrected chi connectivity index (χ0v) is 15.2. The predicted octanol–water partition coefficient (Wildman–Crippen LogP) is 4.42. The number of nitrogens with zero attached hydrogens (tertiary/aromatic N) is 1. The molecular weight excluding hydrogens is 340 g/mol. The van der Waals surface area contributed by atoms with Gasteiger partial charge in [0.25, 0.3) is 0 Å². The molecule has 0 bridgehead atoms. The fraction of sp³-hybridized carbons (Fsp3) is 0.227. The van der Waals surface area contributed by atoms with E-state index in [-0.39, 0.29) is 12.5 Å². The normalized spacial score (nSPS) is 19.2. The number of allylic oxidation sites excluding steroid dienone is 1. The summed E-state index contributed by atoms with van der Waals surface area (Å²) in [4.78, 5) is 12.5. The molecule has 0 amide bonds. The van der Waals surface area contributed by atoms with Gasteiger partial charge in [0, 0.05) is 5.92 Å². The van der Waals surface area contributed by atoms with E-state index in [1.807, 2.05) is 54.6 Å². The van der Waals surface area contributed by atoms with Crippen LogP contribution >= 0.6 is 0 Å². The van der Waals surface area contributed by atoms with Gasteiger partial charge < -0.3 is 9.47 Å². The van der Waals surface area contributed by atoms with E-state index in [0.717, 1.165) is 16.7 Å². The van der Waals surface area contributed by atoms with Gasteiger partial charge in [-0.15, -0.1) is 0 Å². The number of ether oxygens (including phenoxy) is 2. The first-order chi connectivity index (χ1) is 13.1. The second-order valence-corrected chi connectivity index (χ2v) is 6.23. The molecule has 1 N–H and O–H groups in total. The van der Waals surface area contributed by atoms with Crippen molar-refractivity contribution in [3.05, 3.63) is 71.5 Å². The second kappa shape index (κ2) is 7.88. The van der Waals surface area contributed by atoms with Gasteiger partial charge >= 0.3 is 5.97 Å². The molecule has 5 heteroatoms. The Kier molecular flexibility index (Phi) is 5.37. The fourth-order valence-electron chi connectivity index (χ4n) is 3.31. The lowest BCUT2D eigenvalue weighted by atomic mass is 9.78. The van der Waals surface area contributed by atoms with Crippen LogP contribution in [0.1, 0.15) is 25.3 Å². The van der Waals surface area contributed by atoms with Crippen LogP contribution in [-0.4, -0.2) is 18.5 Å². The van der Waals surface area contributed by atoms with Crippen molar-refractivity contribution in [1.29, 1.82) is 10.7 Å². The van der Waals surface area contributed by atoms with Gasteiger partial charge in [-0.2, -0.15) is 5.26 Å². The Morgan fingerprint density at radius 1 is 1.15 bits per heavy atom. The summed E-state index contributed by atoms with van der Waals surface area (Å²) in [5, 5.41) is 17.6. The van der Waals surface area contributed by atoms with E-state index in [1.54, 1.807) is 13.8 Å². The number of nitriles is 1. The van der Waals surface area contributed by atoms with E-state index in [4.69, 9.17) is 14.9 Å². The highest BCUT2D eigenvalue weighted by Crippen LogP contribution is 2.40. The minimum Gasteiger partial charge on any atom is -0.463 e. The Labute approximate surface area is 158 Å². The Balaban J connectivity index is 2.04. The van der Waals surface area contributed by atoms with Crippen molar-refractivity contribution in [1.82, 2.24) is 0 Å². The molecule has 2 unspecified atom stereocenters. The quantitative estimate of drug-likeness (QED) is 0.818. The number of carbonyl (C=O) groups excluding carboxylic acids is 1. The van der Waals surface area contributed by atoms with Crippen LogP contribution in [0.15, 0.2) is 65.9 Å². The molecule has 2 atom stereocenters. The number of hydrogen-bond donors (Lipinski definition) is 1. The highest BCUT2D eigenvalue weighted by Gasteiger charge is 2.41. The molecule has 0 saturated heterocycles. The molecule has 1 aliphatic rings. The summed E-state index contributed by atoms with van der Waals surface area (Å²) in [5.41, 5.74) is 3.19. The third-order valence-corrected chi connectivity index (χ3v) is 4.58. The molecule has 0 aromatic heterocycles. The van der Waals surface area contributed by atoms with Crippen LogP contribution in [0.5, 0.6) is 0 Å². The lowest BCUT2D eigenvalue weighted by Gasteiger charge is -2.30. The van der Waals surface area contributed by atoms with E-state index in [9.17, 15) is 10.1 Å². The number of carbonyl (C=O) groups is 1. The van der Waals surface area contributed by atoms with Crippen LogP contribution in [0, 0.1) is 22.7 Å². The molecule has 136 valence electrons. The fourth-order valence-corrected chi connectivity index (χ4v) is 3.31. The molecule has 5 nitrogen and oxygen atoms in total. The van der Waals surface area contributed by atoms with Gasteiger partial charge in [0.1, 0.15) is 11.7 Å². The Morgan fingerprint density at radius 2 is 1.78 bits per heavy atom. The van der Waals surface area contributed by atoms with Gasteiger partial charge in [0.05, 0.1) is 18.2 Å². The van der Waals surface area contributed by atoms with Crippen molar-refractivity contribution in [2.45, 2.75) is 19.8 Å². The van der Waals surface area contributed by atoms with Crippen LogP contribution in [-0.2, 0) is 14.3 Å². The lowest BCUT2D eigenvalue weighted by molar-refractivity contribution is -0.139. The average molecular weight is 360 g/mol. The number of esters is 1. The Bertz CT molecular complexity index is 924. The summed E-state index contributed by atoms with van der Waals surface area (Å²) in [5.74, 6) is -1.84. The first kappa shape index (κ1) is 18.4. The number of benzene rings is 2. The first-order valence-electron chi connectivity index (χ1n) is 8.76. The van der Waals surface area contributed by atoms with Gasteiger partial charge in [0.15, 0.2) is 0 Å². The zero-order valence-electron chi connectivity index (χ0n) is 15.2. The van der Waals surface area contributed by atoms with Crippen molar-refractivity contribution in [2.75, 3.05) is 6.61 Å². The summed E-state index contributed by atoms with van der Waals surface area (Å²) in [6.07, 6.45) is 0. The SMILES string of the molecule is CCOC(=O)C1=C(C)OC(=N)C(C#N)C1c1ccc(-c2ccccc2)cc1. The molecule has 1 aliphatic heterocycles. The van der Waals surface area contributed by atoms with Crippen LogP contribution in [0.4, 0.5) is 0 Å². The van der Waals surface area contributed by atoms with Crippen molar-refractivity contribution in [3.8, 4) is 17.2 Å². The van der Waals surface area contributed by atoms with Crippen molar-refractivity contribution >= 4 is 11.9 Å². The van der Waals surface area contributed by atoms with E-state index in [1.165, 1.54) is 0 Å². The summed E-state index contributed by atoms with van der Waals surface area (Å²) >= 11 is 0. The smallest absolute Gasteiger partial charge is 0.338 e. The molecule has 3 rings (SSSR count). The third-order valence-electron chi connectivity index (χ3n) is 4.58. The van der Waals surface area contributed by atoms with Crippen molar-refractivity contribution < 1.29 is 14.3 Å². The predicted molar refractivity (Wildman–Crippen MR) is 102 cm³/mol.